The lowest BCUT2D eigenvalue weighted by molar-refractivity contribution is -0.117. The first-order valence-electron chi connectivity index (χ1n) is 6.05. The summed E-state index contributed by atoms with van der Waals surface area (Å²) in [6, 6.07) is 8.38. The van der Waals surface area contributed by atoms with E-state index in [1.807, 2.05) is 18.2 Å². The molecule has 0 aliphatic carbocycles. The van der Waals surface area contributed by atoms with Crippen molar-refractivity contribution in [1.82, 2.24) is 0 Å². The fraction of sp³-hybridized carbons (Fsp3) is 0.357. The van der Waals surface area contributed by atoms with E-state index in [0.717, 1.165) is 18.7 Å². The lowest BCUT2D eigenvalue weighted by Crippen LogP contribution is -2.17. The zero-order valence-corrected chi connectivity index (χ0v) is 9.93. The molecule has 1 aromatic carbocycles. The molecule has 1 aliphatic rings. The van der Waals surface area contributed by atoms with Crippen LogP contribution in [-0.2, 0) is 4.79 Å². The van der Waals surface area contributed by atoms with Gasteiger partial charge in [-0.3, -0.25) is 4.79 Å². The molecule has 17 heavy (non-hydrogen) atoms. The van der Waals surface area contributed by atoms with E-state index < -0.39 is 0 Å². The Morgan fingerprint density at radius 2 is 2.12 bits per heavy atom. The van der Waals surface area contributed by atoms with E-state index in [1.165, 1.54) is 18.5 Å². The van der Waals surface area contributed by atoms with Crippen LogP contribution in [0.25, 0.3) is 6.08 Å². The summed E-state index contributed by atoms with van der Waals surface area (Å²) in [7, 11) is 0. The van der Waals surface area contributed by atoms with E-state index in [0.29, 0.717) is 6.42 Å². The van der Waals surface area contributed by atoms with Gasteiger partial charge in [0.2, 0.25) is 5.91 Å². The van der Waals surface area contributed by atoms with Gasteiger partial charge in [-0.25, -0.2) is 0 Å². The minimum Gasteiger partial charge on any atom is -0.372 e. The molecule has 2 rings (SSSR count). The molecule has 1 aliphatic heterocycles. The lowest BCUT2D eigenvalue weighted by Gasteiger charge is -2.17. The molecule has 2 N–H and O–H groups in total. The number of primary amides is 1. The third-order valence-corrected chi connectivity index (χ3v) is 2.97. The van der Waals surface area contributed by atoms with Crippen LogP contribution in [0.5, 0.6) is 0 Å². The van der Waals surface area contributed by atoms with E-state index >= 15 is 0 Å². The quantitative estimate of drug-likeness (QED) is 0.861. The van der Waals surface area contributed by atoms with Crippen molar-refractivity contribution in [3.8, 4) is 0 Å². The Kier molecular flexibility index (Phi) is 3.81. The van der Waals surface area contributed by atoms with Crippen LogP contribution in [0.2, 0.25) is 0 Å². The lowest BCUT2D eigenvalue weighted by atomic mass is 10.1. The maximum atomic E-state index is 10.6. The summed E-state index contributed by atoms with van der Waals surface area (Å²) in [6.45, 7) is 2.29. The summed E-state index contributed by atoms with van der Waals surface area (Å²) >= 11 is 0. The number of hydrogen-bond donors (Lipinski definition) is 1. The van der Waals surface area contributed by atoms with Crippen molar-refractivity contribution in [2.24, 2.45) is 5.73 Å². The van der Waals surface area contributed by atoms with Crippen LogP contribution >= 0.6 is 0 Å². The van der Waals surface area contributed by atoms with Crippen LogP contribution in [0.1, 0.15) is 24.8 Å². The first-order chi connectivity index (χ1) is 8.25. The number of nitrogens with two attached hydrogens (primary N) is 1. The third-order valence-electron chi connectivity index (χ3n) is 2.97. The smallest absolute Gasteiger partial charge is 0.221 e. The summed E-state index contributed by atoms with van der Waals surface area (Å²) in [6.07, 6.45) is 6.62. The van der Waals surface area contributed by atoms with Crippen LogP contribution in [-0.4, -0.2) is 19.0 Å². The van der Waals surface area contributed by atoms with Crippen molar-refractivity contribution in [2.75, 3.05) is 18.0 Å². The SMILES string of the molecule is NC(=O)CC=Cc1cccc(N2CCCC2)c1. The number of nitrogens with zero attached hydrogens (tertiary/aromatic N) is 1. The molecule has 0 atom stereocenters. The summed E-state index contributed by atoms with van der Waals surface area (Å²) in [5, 5.41) is 0. The zero-order chi connectivity index (χ0) is 12.1. The number of rotatable bonds is 4. The second-order valence-corrected chi connectivity index (χ2v) is 4.36. The highest BCUT2D eigenvalue weighted by Crippen LogP contribution is 2.21. The van der Waals surface area contributed by atoms with E-state index in [2.05, 4.69) is 23.1 Å². The third kappa shape index (κ3) is 3.34. The maximum absolute atomic E-state index is 10.6. The van der Waals surface area contributed by atoms with E-state index in [-0.39, 0.29) is 5.91 Å². The molecule has 0 unspecified atom stereocenters. The molecule has 0 spiro atoms. The van der Waals surface area contributed by atoms with Gasteiger partial charge < -0.3 is 10.6 Å². The summed E-state index contributed by atoms with van der Waals surface area (Å²) < 4.78 is 0. The number of anilines is 1. The largest absolute Gasteiger partial charge is 0.372 e. The van der Waals surface area contributed by atoms with Crippen molar-refractivity contribution in [1.29, 1.82) is 0 Å². The molecule has 3 nitrogen and oxygen atoms in total. The molecule has 0 saturated carbocycles. The Hall–Kier alpha value is -1.77. The van der Waals surface area contributed by atoms with Crippen molar-refractivity contribution in [2.45, 2.75) is 19.3 Å². The van der Waals surface area contributed by atoms with Gasteiger partial charge in [-0.15, -0.1) is 0 Å². The second kappa shape index (κ2) is 5.53. The molecule has 1 saturated heterocycles. The van der Waals surface area contributed by atoms with Gasteiger partial charge in [0.1, 0.15) is 0 Å². The minimum absolute atomic E-state index is 0.294. The number of carbonyl (C=O) groups is 1. The Bertz CT molecular complexity index is 420. The molecule has 1 heterocycles. The first kappa shape index (κ1) is 11.7. The topological polar surface area (TPSA) is 46.3 Å². The molecular formula is C14H18N2O. The minimum atomic E-state index is -0.294. The Morgan fingerprint density at radius 1 is 1.35 bits per heavy atom. The predicted molar refractivity (Wildman–Crippen MR) is 70.7 cm³/mol. The fourth-order valence-electron chi connectivity index (χ4n) is 2.11. The molecule has 0 bridgehead atoms. The molecule has 0 radical (unpaired) electrons. The van der Waals surface area contributed by atoms with E-state index in [1.54, 1.807) is 0 Å². The van der Waals surface area contributed by atoms with Gasteiger partial charge in [0, 0.05) is 25.2 Å². The van der Waals surface area contributed by atoms with Crippen LogP contribution < -0.4 is 10.6 Å². The average Bonchev–Trinajstić information content (AvgIpc) is 2.82. The molecule has 3 heteroatoms. The normalized spacial score (nSPS) is 15.6. The molecule has 1 aromatic rings. The van der Waals surface area contributed by atoms with Gasteiger partial charge in [-0.1, -0.05) is 24.3 Å². The molecule has 90 valence electrons. The van der Waals surface area contributed by atoms with E-state index in [9.17, 15) is 4.79 Å². The maximum Gasteiger partial charge on any atom is 0.221 e. The second-order valence-electron chi connectivity index (χ2n) is 4.36. The summed E-state index contributed by atoms with van der Waals surface area (Å²) in [5.74, 6) is -0.294. The highest BCUT2D eigenvalue weighted by Gasteiger charge is 2.11. The molecule has 1 fully saturated rings. The van der Waals surface area contributed by atoms with Gasteiger partial charge in [-0.2, -0.15) is 0 Å². The van der Waals surface area contributed by atoms with Gasteiger partial charge in [-0.05, 0) is 30.5 Å². The van der Waals surface area contributed by atoms with Crippen molar-refractivity contribution in [3.05, 3.63) is 35.9 Å². The fourth-order valence-corrected chi connectivity index (χ4v) is 2.11. The summed E-state index contributed by atoms with van der Waals surface area (Å²) in [5.41, 5.74) is 7.48. The standard InChI is InChI=1S/C14H18N2O/c15-14(17)8-4-6-12-5-3-7-13(11-12)16-9-1-2-10-16/h3-7,11H,1-2,8-10H2,(H2,15,17). The monoisotopic (exact) mass is 230 g/mol. The highest BCUT2D eigenvalue weighted by molar-refractivity contribution is 5.76. The first-order valence-corrected chi connectivity index (χ1v) is 6.05. The Balaban J connectivity index is 2.05. The van der Waals surface area contributed by atoms with Crippen molar-refractivity contribution < 1.29 is 4.79 Å². The zero-order valence-electron chi connectivity index (χ0n) is 9.93. The van der Waals surface area contributed by atoms with Crippen molar-refractivity contribution in [3.63, 3.8) is 0 Å². The van der Waals surface area contributed by atoms with E-state index in [4.69, 9.17) is 5.73 Å². The molecule has 0 aromatic heterocycles. The number of carbonyl (C=O) groups excluding carboxylic acids is 1. The predicted octanol–water partition coefficient (Wildman–Crippen LogP) is 2.18. The van der Waals surface area contributed by atoms with Crippen LogP contribution in [0, 0.1) is 0 Å². The number of benzene rings is 1. The van der Waals surface area contributed by atoms with Crippen LogP contribution in [0.3, 0.4) is 0 Å². The highest BCUT2D eigenvalue weighted by atomic mass is 16.1. The molecular weight excluding hydrogens is 212 g/mol. The van der Waals surface area contributed by atoms with Crippen LogP contribution in [0.15, 0.2) is 30.3 Å². The van der Waals surface area contributed by atoms with Crippen molar-refractivity contribution >= 4 is 17.7 Å². The van der Waals surface area contributed by atoms with Crippen LogP contribution in [0.4, 0.5) is 5.69 Å². The Morgan fingerprint density at radius 3 is 2.82 bits per heavy atom. The van der Waals surface area contributed by atoms with Gasteiger partial charge in [0.05, 0.1) is 0 Å². The summed E-state index contributed by atoms with van der Waals surface area (Å²) in [4.78, 5) is 13.0. The van der Waals surface area contributed by atoms with Gasteiger partial charge in [0.15, 0.2) is 0 Å². The average molecular weight is 230 g/mol. The van der Waals surface area contributed by atoms with Gasteiger partial charge >= 0.3 is 0 Å². The number of hydrogen-bond acceptors (Lipinski definition) is 2. The Labute approximate surface area is 102 Å². The van der Waals surface area contributed by atoms with Gasteiger partial charge in [0.25, 0.3) is 0 Å². The number of amides is 1. The molecule has 1 amide bonds.